The number of benzene rings is 1. The van der Waals surface area contributed by atoms with E-state index in [1.807, 2.05) is 35.2 Å². The fraction of sp³-hybridized carbons (Fsp3) is 0.348. The number of hydrogen-bond acceptors (Lipinski definition) is 7. The molecule has 0 bridgehead atoms. The largest absolute Gasteiger partial charge is 0.381 e. The number of nitrogens with zero attached hydrogens (tertiary/aromatic N) is 4. The molecule has 1 saturated heterocycles. The molecule has 0 unspecified atom stereocenters. The number of amides is 2. The highest BCUT2D eigenvalue weighted by Gasteiger charge is 2.44. The molecule has 0 radical (unpaired) electrons. The van der Waals surface area contributed by atoms with E-state index in [4.69, 9.17) is 4.74 Å². The van der Waals surface area contributed by atoms with Gasteiger partial charge in [-0.3, -0.25) is 19.9 Å². The zero-order chi connectivity index (χ0) is 22.0. The Bertz CT molecular complexity index is 1110. The third kappa shape index (κ3) is 3.89. The van der Waals surface area contributed by atoms with Crippen LogP contribution in [0.3, 0.4) is 0 Å². The standard InChI is InChI=1S/C23H23N5O3S/c29-20(18-14-24-9-10-25-18)27-22-26-17-6-11-28(15-19(17)32-22)21(30)23(7-12-31-13-8-23)16-4-2-1-3-5-16/h1-5,9-10,14H,6-8,11-13,15H2,(H,26,27,29). The Labute approximate surface area is 189 Å². The summed E-state index contributed by atoms with van der Waals surface area (Å²) >= 11 is 1.41. The molecule has 0 saturated carbocycles. The summed E-state index contributed by atoms with van der Waals surface area (Å²) < 4.78 is 5.59. The van der Waals surface area contributed by atoms with Crippen molar-refractivity contribution < 1.29 is 14.3 Å². The fourth-order valence-corrected chi connectivity index (χ4v) is 5.42. The number of thiazole rings is 1. The average Bonchev–Trinajstić information content (AvgIpc) is 3.26. The van der Waals surface area contributed by atoms with Crippen molar-refractivity contribution in [3.05, 3.63) is 70.8 Å². The normalized spacial score (nSPS) is 17.4. The van der Waals surface area contributed by atoms with Gasteiger partial charge >= 0.3 is 0 Å². The quantitative estimate of drug-likeness (QED) is 0.658. The number of anilines is 1. The average molecular weight is 450 g/mol. The summed E-state index contributed by atoms with van der Waals surface area (Å²) in [5.74, 6) is -0.196. The number of fused-ring (bicyclic) bond motifs is 1. The molecule has 4 heterocycles. The highest BCUT2D eigenvalue weighted by atomic mass is 32.1. The Balaban J connectivity index is 1.34. The minimum atomic E-state index is -0.551. The van der Waals surface area contributed by atoms with Crippen molar-refractivity contribution in [1.29, 1.82) is 0 Å². The van der Waals surface area contributed by atoms with Crippen LogP contribution < -0.4 is 5.32 Å². The summed E-state index contributed by atoms with van der Waals surface area (Å²) in [7, 11) is 0. The summed E-state index contributed by atoms with van der Waals surface area (Å²) in [5.41, 5.74) is 1.68. The SMILES string of the molecule is O=C(Nc1nc2c(s1)CN(C(=O)C1(c3ccccc3)CCOCC1)CC2)c1cnccn1. The van der Waals surface area contributed by atoms with Gasteiger partial charge in [-0.2, -0.15) is 0 Å². The third-order valence-electron chi connectivity index (χ3n) is 6.12. The van der Waals surface area contributed by atoms with Crippen LogP contribution in [0.15, 0.2) is 48.9 Å². The molecule has 9 heteroatoms. The van der Waals surface area contributed by atoms with E-state index >= 15 is 0 Å². The molecule has 8 nitrogen and oxygen atoms in total. The van der Waals surface area contributed by atoms with Crippen molar-refractivity contribution in [3.63, 3.8) is 0 Å². The van der Waals surface area contributed by atoms with Gasteiger partial charge in [0.15, 0.2) is 5.13 Å². The number of nitrogens with one attached hydrogen (secondary N) is 1. The summed E-state index contributed by atoms with van der Waals surface area (Å²) in [6, 6.07) is 10.0. The van der Waals surface area contributed by atoms with Crippen molar-refractivity contribution >= 4 is 28.3 Å². The van der Waals surface area contributed by atoms with Gasteiger partial charge in [0.25, 0.3) is 5.91 Å². The summed E-state index contributed by atoms with van der Waals surface area (Å²) in [6.07, 6.45) is 6.44. The Kier molecular flexibility index (Phi) is 5.67. The molecule has 3 aromatic rings. The molecule has 0 spiro atoms. The second-order valence-electron chi connectivity index (χ2n) is 7.97. The van der Waals surface area contributed by atoms with Crippen LogP contribution >= 0.6 is 11.3 Å². The molecule has 164 valence electrons. The van der Waals surface area contributed by atoms with Gasteiger partial charge in [-0.05, 0) is 18.4 Å². The number of hydrogen-bond donors (Lipinski definition) is 1. The molecule has 32 heavy (non-hydrogen) atoms. The van der Waals surface area contributed by atoms with Crippen LogP contribution in [0.4, 0.5) is 5.13 Å². The Morgan fingerprint density at radius 2 is 1.94 bits per heavy atom. The zero-order valence-corrected chi connectivity index (χ0v) is 18.3. The second kappa shape index (κ2) is 8.76. The second-order valence-corrected chi connectivity index (χ2v) is 9.05. The Morgan fingerprint density at radius 3 is 2.69 bits per heavy atom. The van der Waals surface area contributed by atoms with E-state index in [9.17, 15) is 9.59 Å². The molecular weight excluding hydrogens is 426 g/mol. The molecule has 1 fully saturated rings. The molecule has 2 aromatic heterocycles. The van der Waals surface area contributed by atoms with Crippen molar-refractivity contribution in [1.82, 2.24) is 19.9 Å². The van der Waals surface area contributed by atoms with Crippen molar-refractivity contribution in [3.8, 4) is 0 Å². The van der Waals surface area contributed by atoms with Crippen LogP contribution in [0.5, 0.6) is 0 Å². The number of ether oxygens (including phenoxy) is 1. The molecule has 1 aromatic carbocycles. The molecule has 0 aliphatic carbocycles. The van der Waals surface area contributed by atoms with Gasteiger partial charge < -0.3 is 9.64 Å². The minimum absolute atomic E-state index is 0.149. The van der Waals surface area contributed by atoms with Gasteiger partial charge in [-0.25, -0.2) is 9.97 Å². The molecule has 5 rings (SSSR count). The lowest BCUT2D eigenvalue weighted by Crippen LogP contribution is -2.51. The molecule has 1 N–H and O–H groups in total. The lowest BCUT2D eigenvalue weighted by Gasteiger charge is -2.41. The molecule has 2 aliphatic rings. The third-order valence-corrected chi connectivity index (χ3v) is 7.11. The predicted octanol–water partition coefficient (Wildman–Crippen LogP) is 2.82. The van der Waals surface area contributed by atoms with E-state index in [0.29, 0.717) is 50.7 Å². The first-order chi connectivity index (χ1) is 15.7. The fourth-order valence-electron chi connectivity index (χ4n) is 4.41. The van der Waals surface area contributed by atoms with Gasteiger partial charge in [0.05, 0.1) is 23.9 Å². The molecular formula is C23H23N5O3S. The monoisotopic (exact) mass is 449 g/mol. The highest BCUT2D eigenvalue weighted by molar-refractivity contribution is 7.15. The van der Waals surface area contributed by atoms with Gasteiger partial charge in [0.2, 0.25) is 5.91 Å². The van der Waals surface area contributed by atoms with E-state index in [1.54, 1.807) is 0 Å². The summed E-state index contributed by atoms with van der Waals surface area (Å²) in [4.78, 5) is 41.7. The van der Waals surface area contributed by atoms with Gasteiger partial charge in [-0.15, -0.1) is 0 Å². The minimum Gasteiger partial charge on any atom is -0.381 e. The van der Waals surface area contributed by atoms with Gasteiger partial charge in [0.1, 0.15) is 5.69 Å². The van der Waals surface area contributed by atoms with Gasteiger partial charge in [-0.1, -0.05) is 41.7 Å². The lowest BCUT2D eigenvalue weighted by atomic mass is 9.73. The lowest BCUT2D eigenvalue weighted by molar-refractivity contribution is -0.142. The maximum absolute atomic E-state index is 13.8. The van der Waals surface area contributed by atoms with Crippen LogP contribution in [0.2, 0.25) is 0 Å². The first kappa shape index (κ1) is 20.7. The number of rotatable bonds is 4. The maximum atomic E-state index is 13.8. The Morgan fingerprint density at radius 1 is 1.12 bits per heavy atom. The topological polar surface area (TPSA) is 97.3 Å². The van der Waals surface area contributed by atoms with Crippen LogP contribution in [-0.4, -0.2) is 51.4 Å². The molecule has 0 atom stereocenters. The first-order valence-electron chi connectivity index (χ1n) is 10.6. The van der Waals surface area contributed by atoms with E-state index in [0.717, 1.165) is 16.1 Å². The zero-order valence-electron chi connectivity index (χ0n) is 17.5. The predicted molar refractivity (Wildman–Crippen MR) is 119 cm³/mol. The van der Waals surface area contributed by atoms with Crippen molar-refractivity contribution in [2.24, 2.45) is 0 Å². The highest BCUT2D eigenvalue weighted by Crippen LogP contribution is 2.38. The summed E-state index contributed by atoms with van der Waals surface area (Å²) in [5, 5.41) is 3.32. The van der Waals surface area contributed by atoms with Crippen LogP contribution in [0, 0.1) is 0 Å². The van der Waals surface area contributed by atoms with E-state index in [2.05, 4.69) is 20.3 Å². The maximum Gasteiger partial charge on any atom is 0.277 e. The number of carbonyl (C=O) groups is 2. The van der Waals surface area contributed by atoms with Crippen molar-refractivity contribution in [2.75, 3.05) is 25.1 Å². The van der Waals surface area contributed by atoms with Crippen molar-refractivity contribution in [2.45, 2.75) is 31.2 Å². The smallest absolute Gasteiger partial charge is 0.277 e. The van der Waals surface area contributed by atoms with Crippen LogP contribution in [0.1, 0.15) is 39.5 Å². The number of carbonyl (C=O) groups excluding carboxylic acids is 2. The first-order valence-corrected chi connectivity index (χ1v) is 11.5. The summed E-state index contributed by atoms with van der Waals surface area (Å²) in [6.45, 7) is 2.28. The van der Waals surface area contributed by atoms with Gasteiger partial charge in [0, 0.05) is 43.5 Å². The van der Waals surface area contributed by atoms with E-state index in [-0.39, 0.29) is 17.5 Å². The molecule has 2 aliphatic heterocycles. The molecule has 2 amide bonds. The van der Waals surface area contributed by atoms with Crippen LogP contribution in [-0.2, 0) is 27.9 Å². The van der Waals surface area contributed by atoms with E-state index < -0.39 is 5.41 Å². The number of aromatic nitrogens is 3. The Hall–Kier alpha value is -3.17. The van der Waals surface area contributed by atoms with E-state index in [1.165, 1.54) is 29.9 Å². The van der Waals surface area contributed by atoms with Crippen LogP contribution in [0.25, 0.3) is 0 Å².